The highest BCUT2D eigenvalue weighted by atomic mass is 35.5. The van der Waals surface area contributed by atoms with E-state index in [1.165, 1.54) is 0 Å². The van der Waals surface area contributed by atoms with Crippen LogP contribution in [0.5, 0.6) is 11.5 Å². The second-order valence-corrected chi connectivity index (χ2v) is 11.2. The first-order valence-corrected chi connectivity index (χ1v) is 14.8. The number of rotatable bonds is 11. The zero-order valence-electron chi connectivity index (χ0n) is 24.2. The maximum Gasteiger partial charge on any atom is 0.255 e. The number of carbonyl (C=O) groups excluding carboxylic acids is 2. The molecule has 6 rings (SSSR count). The fourth-order valence-electron chi connectivity index (χ4n) is 5.67. The lowest BCUT2D eigenvalue weighted by Gasteiger charge is -2.40. The van der Waals surface area contributed by atoms with E-state index in [4.69, 9.17) is 25.8 Å². The number of hydrogen-bond donors (Lipinski definition) is 3. The number of ether oxygens (including phenoxy) is 3. The number of nitrogens with one attached hydrogen (secondary N) is 3. The number of aromatic amines is 1. The molecule has 1 atom stereocenters. The van der Waals surface area contributed by atoms with Crippen molar-refractivity contribution in [2.45, 2.75) is 25.0 Å². The van der Waals surface area contributed by atoms with E-state index in [-0.39, 0.29) is 17.9 Å². The lowest BCUT2D eigenvalue weighted by atomic mass is 10.0. The number of H-pyrrole nitrogens is 1. The summed E-state index contributed by atoms with van der Waals surface area (Å²) in [4.78, 5) is 37.7. The van der Waals surface area contributed by atoms with E-state index in [1.807, 2.05) is 29.2 Å². The summed E-state index contributed by atoms with van der Waals surface area (Å²) in [5.41, 5.74) is 3.99. The Hall–Kier alpha value is -4.06. The summed E-state index contributed by atoms with van der Waals surface area (Å²) in [5, 5.41) is 6.78. The number of methoxy groups -OCH3 is 2. The maximum absolute atomic E-state index is 13.0. The van der Waals surface area contributed by atoms with Crippen molar-refractivity contribution >= 4 is 34.8 Å². The van der Waals surface area contributed by atoms with Crippen LogP contribution in [0.2, 0.25) is 5.02 Å². The molecule has 11 nitrogen and oxygen atoms in total. The number of carbonyl (C=O) groups is 2. The molecule has 43 heavy (non-hydrogen) atoms. The first kappa shape index (κ1) is 29.0. The van der Waals surface area contributed by atoms with Crippen LogP contribution in [0.4, 0.5) is 11.4 Å². The fraction of sp³-hybridized carbons (Fsp3) is 0.387. The van der Waals surface area contributed by atoms with Crippen molar-refractivity contribution in [3.63, 3.8) is 0 Å². The quantitative estimate of drug-likeness (QED) is 0.283. The molecular formula is C31H35ClN6O5. The molecule has 3 aromatic rings. The van der Waals surface area contributed by atoms with Gasteiger partial charge in [-0.3, -0.25) is 19.5 Å². The van der Waals surface area contributed by atoms with Gasteiger partial charge in [0.15, 0.2) is 5.75 Å². The summed E-state index contributed by atoms with van der Waals surface area (Å²) in [6, 6.07) is 7.21. The molecule has 0 aliphatic carbocycles. The molecule has 2 saturated heterocycles. The minimum absolute atomic E-state index is 0.0138. The van der Waals surface area contributed by atoms with E-state index < -0.39 is 0 Å². The summed E-state index contributed by atoms with van der Waals surface area (Å²) >= 11 is 6.39. The van der Waals surface area contributed by atoms with Crippen LogP contribution in [0.1, 0.15) is 22.5 Å². The van der Waals surface area contributed by atoms with Crippen molar-refractivity contribution in [2.24, 2.45) is 0 Å². The highest BCUT2D eigenvalue weighted by Gasteiger charge is 2.33. The van der Waals surface area contributed by atoms with Crippen molar-refractivity contribution < 1.29 is 23.8 Å². The second kappa shape index (κ2) is 12.7. The lowest BCUT2D eigenvalue weighted by molar-refractivity contribution is -0.134. The van der Waals surface area contributed by atoms with Crippen molar-refractivity contribution in [3.05, 3.63) is 65.1 Å². The molecule has 2 amide bonds. The summed E-state index contributed by atoms with van der Waals surface area (Å²) in [5.74, 6) is 0.830. The first-order valence-electron chi connectivity index (χ1n) is 14.4. The third-order valence-corrected chi connectivity index (χ3v) is 8.49. The Morgan fingerprint density at radius 2 is 2.12 bits per heavy atom. The number of aromatic nitrogens is 2. The Morgan fingerprint density at radius 3 is 2.88 bits per heavy atom. The standard InChI is InChI=1S/C31H35ClN6O5/c1-41-20-16-37(17-20)13-4-7-26(39)38-14-10-19(38)18-43-25-15-33-11-8-21(25)28-29(27-23(35-28)9-12-34-31(27)40)36-24-6-3-5-22(32)30(24)42-2/h3-8,11,15,19-20,35-36H,9-10,12-14,16-18H2,1-2H3,(H,34,40)/b7-4+/t19-/m1/s1. The topological polar surface area (TPSA) is 121 Å². The largest absolute Gasteiger partial charge is 0.493 e. The average molecular weight is 607 g/mol. The highest BCUT2D eigenvalue weighted by molar-refractivity contribution is 6.32. The molecule has 5 heterocycles. The third kappa shape index (κ3) is 5.93. The average Bonchev–Trinajstić information content (AvgIpc) is 3.33. The Kier molecular flexibility index (Phi) is 8.55. The normalized spacial score (nSPS) is 18.5. The zero-order chi connectivity index (χ0) is 29.9. The molecule has 0 unspecified atom stereocenters. The molecule has 0 radical (unpaired) electrons. The number of amides is 2. The van der Waals surface area contributed by atoms with E-state index in [0.29, 0.717) is 71.4 Å². The number of hydrogen-bond acceptors (Lipinski definition) is 8. The summed E-state index contributed by atoms with van der Waals surface area (Å²) in [7, 11) is 3.27. The van der Waals surface area contributed by atoms with Crippen LogP contribution in [0.3, 0.4) is 0 Å². The van der Waals surface area contributed by atoms with Crippen LogP contribution < -0.4 is 20.1 Å². The van der Waals surface area contributed by atoms with Gasteiger partial charge in [-0.1, -0.05) is 23.7 Å². The number of para-hydroxylation sites is 1. The van der Waals surface area contributed by atoms with Gasteiger partial charge in [-0.25, -0.2) is 0 Å². The van der Waals surface area contributed by atoms with Gasteiger partial charge in [0.25, 0.3) is 5.91 Å². The Morgan fingerprint density at radius 1 is 1.26 bits per heavy atom. The van der Waals surface area contributed by atoms with Gasteiger partial charge in [0, 0.05) is 69.8 Å². The molecule has 226 valence electrons. The number of fused-ring (bicyclic) bond motifs is 1. The van der Waals surface area contributed by atoms with Gasteiger partial charge in [-0.05, 0) is 24.6 Å². The number of halogens is 1. The number of anilines is 2. The minimum Gasteiger partial charge on any atom is -0.493 e. The van der Waals surface area contributed by atoms with Gasteiger partial charge in [0.1, 0.15) is 12.4 Å². The van der Waals surface area contributed by atoms with E-state index in [1.54, 1.807) is 38.8 Å². The predicted molar refractivity (Wildman–Crippen MR) is 163 cm³/mol. The van der Waals surface area contributed by atoms with Crippen molar-refractivity contribution in [1.29, 1.82) is 0 Å². The van der Waals surface area contributed by atoms with E-state index >= 15 is 0 Å². The monoisotopic (exact) mass is 606 g/mol. The van der Waals surface area contributed by atoms with E-state index in [9.17, 15) is 9.59 Å². The number of nitrogens with zero attached hydrogens (tertiary/aromatic N) is 3. The van der Waals surface area contributed by atoms with Crippen LogP contribution in [0, 0.1) is 0 Å². The summed E-state index contributed by atoms with van der Waals surface area (Å²) in [6.45, 7) is 4.07. The number of likely N-dealkylation sites (tertiary alicyclic amines) is 2. The predicted octanol–water partition coefficient (Wildman–Crippen LogP) is 3.63. The van der Waals surface area contributed by atoms with E-state index in [2.05, 4.69) is 25.5 Å². The van der Waals surface area contributed by atoms with Crippen LogP contribution in [-0.2, 0) is 16.0 Å². The van der Waals surface area contributed by atoms with Crippen molar-refractivity contribution in [2.75, 3.05) is 58.9 Å². The molecule has 3 aliphatic heterocycles. The number of benzene rings is 1. The molecule has 1 aromatic carbocycles. The third-order valence-electron chi connectivity index (χ3n) is 8.19. The van der Waals surface area contributed by atoms with Gasteiger partial charge in [-0.2, -0.15) is 0 Å². The molecule has 0 spiro atoms. The van der Waals surface area contributed by atoms with Gasteiger partial charge >= 0.3 is 0 Å². The van der Waals surface area contributed by atoms with Crippen LogP contribution in [-0.4, -0.2) is 97.3 Å². The van der Waals surface area contributed by atoms with Crippen LogP contribution in [0.15, 0.2) is 48.8 Å². The van der Waals surface area contributed by atoms with Crippen LogP contribution in [0.25, 0.3) is 11.3 Å². The molecule has 0 saturated carbocycles. The summed E-state index contributed by atoms with van der Waals surface area (Å²) < 4.78 is 17.2. The SMILES string of the molecule is COc1c(Cl)cccc1Nc1c(-c2ccncc2OC[C@H]2CCN2C(=O)/C=C/CN2CC(OC)C2)[nH]c2c1C(=O)NCC2. The van der Waals surface area contributed by atoms with Gasteiger partial charge in [-0.15, -0.1) is 0 Å². The smallest absolute Gasteiger partial charge is 0.255 e. The minimum atomic E-state index is -0.173. The molecule has 3 aliphatic rings. The first-order chi connectivity index (χ1) is 21.0. The lowest BCUT2D eigenvalue weighted by Crippen LogP contribution is -2.53. The van der Waals surface area contributed by atoms with E-state index in [0.717, 1.165) is 37.3 Å². The van der Waals surface area contributed by atoms with Crippen molar-refractivity contribution in [3.8, 4) is 22.8 Å². The molecule has 12 heteroatoms. The molecule has 3 N–H and O–H groups in total. The van der Waals surface area contributed by atoms with Crippen molar-refractivity contribution in [1.82, 2.24) is 25.1 Å². The highest BCUT2D eigenvalue weighted by Crippen LogP contribution is 2.43. The van der Waals surface area contributed by atoms with Gasteiger partial charge in [0.2, 0.25) is 5.91 Å². The zero-order valence-corrected chi connectivity index (χ0v) is 24.9. The maximum atomic E-state index is 13.0. The summed E-state index contributed by atoms with van der Waals surface area (Å²) in [6.07, 6.45) is 8.70. The van der Waals surface area contributed by atoms with Crippen LogP contribution >= 0.6 is 11.6 Å². The molecule has 0 bridgehead atoms. The molecule has 2 aromatic heterocycles. The Labute approximate surface area is 255 Å². The second-order valence-electron chi connectivity index (χ2n) is 10.8. The fourth-order valence-corrected chi connectivity index (χ4v) is 5.92. The molecular weight excluding hydrogens is 572 g/mol. The van der Waals surface area contributed by atoms with Gasteiger partial charge in [0.05, 0.1) is 53.1 Å². The molecule has 2 fully saturated rings. The number of pyridine rings is 1. The Bertz CT molecular complexity index is 1530. The Balaban J connectivity index is 1.20. The van der Waals surface area contributed by atoms with Gasteiger partial charge < -0.3 is 34.7 Å².